The first-order valence-electron chi connectivity index (χ1n) is 9.06. The highest BCUT2D eigenvalue weighted by Crippen LogP contribution is 2.26. The van der Waals surface area contributed by atoms with Gasteiger partial charge in [0, 0.05) is 29.2 Å². The van der Waals surface area contributed by atoms with E-state index in [1.807, 2.05) is 22.7 Å². The monoisotopic (exact) mass is 427 g/mol. The highest BCUT2D eigenvalue weighted by Gasteiger charge is 2.27. The molecule has 31 heavy (non-hydrogen) atoms. The predicted octanol–water partition coefficient (Wildman–Crippen LogP) is 3.72. The van der Waals surface area contributed by atoms with Crippen LogP contribution in [0.5, 0.6) is 0 Å². The summed E-state index contributed by atoms with van der Waals surface area (Å²) in [7, 11) is 0. The minimum Gasteiger partial charge on any atom is -0.368 e. The molecule has 0 radical (unpaired) electrons. The molecule has 3 heterocycles. The third-order valence-corrected chi connectivity index (χ3v) is 4.35. The summed E-state index contributed by atoms with van der Waals surface area (Å²) >= 11 is 0. The summed E-state index contributed by atoms with van der Waals surface area (Å²) in [5, 5.41) is 4.16. The topological polar surface area (TPSA) is 110 Å². The predicted molar refractivity (Wildman–Crippen MR) is 109 cm³/mol. The van der Waals surface area contributed by atoms with Crippen LogP contribution in [0.2, 0.25) is 0 Å². The Morgan fingerprint density at radius 2 is 1.94 bits per heavy atom. The number of pyridine rings is 1. The smallest absolute Gasteiger partial charge is 0.368 e. The Hall–Kier alpha value is -4.15. The van der Waals surface area contributed by atoms with E-state index in [-0.39, 0.29) is 5.95 Å². The fraction of sp³-hybridized carbons (Fsp3) is 0.100. The van der Waals surface area contributed by atoms with Gasteiger partial charge < -0.3 is 16.4 Å². The lowest BCUT2D eigenvalue weighted by molar-refractivity contribution is -0.122. The van der Waals surface area contributed by atoms with Crippen molar-refractivity contribution in [3.63, 3.8) is 0 Å². The van der Waals surface area contributed by atoms with Gasteiger partial charge in [0.25, 0.3) is 0 Å². The highest BCUT2D eigenvalue weighted by atomic mass is 19.4. The largest absolute Gasteiger partial charge is 0.405 e. The van der Waals surface area contributed by atoms with Crippen molar-refractivity contribution in [3.8, 4) is 22.5 Å². The summed E-state index contributed by atoms with van der Waals surface area (Å²) < 4.78 is 38.6. The van der Waals surface area contributed by atoms with Gasteiger partial charge in [-0.3, -0.25) is 4.40 Å². The third-order valence-electron chi connectivity index (χ3n) is 4.35. The molecule has 0 atom stereocenters. The molecule has 1 aromatic carbocycles. The standard InChI is InChI=1S/C20H16F3N7O/c21-20(22,23)11-27-19(31)28-14-3-1-2-13(8-14)16-10-26-17-9-12(5-7-30(16)17)15-4-6-25-18(24)29-15/h1-10H,11H2,(H2,24,25,29)(H2,27,28,31). The van der Waals surface area contributed by atoms with Gasteiger partial charge in [0.1, 0.15) is 12.2 Å². The zero-order valence-electron chi connectivity index (χ0n) is 15.9. The number of carbonyl (C=O) groups excluding carboxylic acids is 1. The van der Waals surface area contributed by atoms with Gasteiger partial charge in [0.2, 0.25) is 5.95 Å². The number of aromatic nitrogens is 4. The summed E-state index contributed by atoms with van der Waals surface area (Å²) in [5.74, 6) is 0.171. The molecular weight excluding hydrogens is 411 g/mol. The minimum atomic E-state index is -4.48. The number of nitrogens with zero attached hydrogens (tertiary/aromatic N) is 4. The molecule has 0 saturated heterocycles. The molecule has 0 saturated carbocycles. The quantitative estimate of drug-likeness (QED) is 0.460. The van der Waals surface area contributed by atoms with Crippen LogP contribution in [0.4, 0.5) is 29.6 Å². The number of nitrogen functional groups attached to an aromatic ring is 1. The zero-order chi connectivity index (χ0) is 22.0. The maximum Gasteiger partial charge on any atom is 0.405 e. The van der Waals surface area contributed by atoms with E-state index in [0.29, 0.717) is 17.0 Å². The minimum absolute atomic E-state index is 0.171. The number of fused-ring (bicyclic) bond motifs is 1. The number of imidazole rings is 1. The maximum atomic E-state index is 12.2. The molecule has 0 aliphatic heterocycles. The lowest BCUT2D eigenvalue weighted by Crippen LogP contribution is -2.36. The van der Waals surface area contributed by atoms with E-state index in [0.717, 1.165) is 16.8 Å². The van der Waals surface area contributed by atoms with Crippen LogP contribution in [-0.2, 0) is 0 Å². The second-order valence-corrected chi connectivity index (χ2v) is 6.59. The van der Waals surface area contributed by atoms with Gasteiger partial charge in [-0.1, -0.05) is 12.1 Å². The lowest BCUT2D eigenvalue weighted by atomic mass is 10.1. The first-order valence-corrected chi connectivity index (χ1v) is 9.06. The van der Waals surface area contributed by atoms with Crippen LogP contribution in [0, 0.1) is 0 Å². The molecule has 4 aromatic rings. The summed E-state index contributed by atoms with van der Waals surface area (Å²) in [4.78, 5) is 24.2. The molecule has 8 nitrogen and oxygen atoms in total. The molecule has 3 aromatic heterocycles. The number of benzene rings is 1. The zero-order valence-corrected chi connectivity index (χ0v) is 15.9. The molecule has 158 valence electrons. The molecule has 4 rings (SSSR count). The molecule has 2 amide bonds. The molecule has 0 bridgehead atoms. The number of nitrogens with one attached hydrogen (secondary N) is 2. The van der Waals surface area contributed by atoms with E-state index in [1.165, 1.54) is 0 Å². The number of anilines is 2. The molecule has 0 unspecified atom stereocenters. The van der Waals surface area contributed by atoms with Crippen molar-refractivity contribution in [2.75, 3.05) is 17.6 Å². The van der Waals surface area contributed by atoms with E-state index >= 15 is 0 Å². The number of urea groups is 1. The number of hydrogen-bond donors (Lipinski definition) is 3. The van der Waals surface area contributed by atoms with Crippen LogP contribution in [0.1, 0.15) is 0 Å². The van der Waals surface area contributed by atoms with Crippen molar-refractivity contribution in [1.82, 2.24) is 24.7 Å². The Kier molecular flexibility index (Phi) is 5.15. The number of halogens is 3. The van der Waals surface area contributed by atoms with Crippen LogP contribution >= 0.6 is 0 Å². The van der Waals surface area contributed by atoms with Gasteiger partial charge in [-0.2, -0.15) is 13.2 Å². The molecule has 11 heteroatoms. The maximum absolute atomic E-state index is 12.2. The molecule has 0 aliphatic carbocycles. The normalized spacial score (nSPS) is 11.5. The van der Waals surface area contributed by atoms with Crippen LogP contribution in [0.25, 0.3) is 28.2 Å². The van der Waals surface area contributed by atoms with Crippen molar-refractivity contribution >= 4 is 23.3 Å². The Labute approximate surface area is 174 Å². The lowest BCUT2D eigenvalue weighted by Gasteiger charge is -2.11. The number of amides is 2. The van der Waals surface area contributed by atoms with Crippen LogP contribution < -0.4 is 16.4 Å². The van der Waals surface area contributed by atoms with Gasteiger partial charge in [-0.15, -0.1) is 0 Å². The van der Waals surface area contributed by atoms with Crippen molar-refractivity contribution in [3.05, 3.63) is 61.1 Å². The average molecular weight is 427 g/mol. The fourth-order valence-corrected chi connectivity index (χ4v) is 3.00. The van der Waals surface area contributed by atoms with Gasteiger partial charge >= 0.3 is 12.2 Å². The van der Waals surface area contributed by atoms with Crippen molar-refractivity contribution in [2.45, 2.75) is 6.18 Å². The Bertz CT molecular complexity index is 1250. The van der Waals surface area contributed by atoms with E-state index in [1.54, 1.807) is 48.0 Å². The number of nitrogens with two attached hydrogens (primary N) is 1. The molecule has 0 aliphatic rings. The van der Waals surface area contributed by atoms with Crippen LogP contribution in [-0.4, -0.2) is 38.1 Å². The van der Waals surface area contributed by atoms with E-state index < -0.39 is 18.8 Å². The van der Waals surface area contributed by atoms with Crippen LogP contribution in [0.15, 0.2) is 61.1 Å². The van der Waals surface area contributed by atoms with E-state index in [2.05, 4.69) is 20.3 Å². The van der Waals surface area contributed by atoms with Crippen LogP contribution in [0.3, 0.4) is 0 Å². The highest BCUT2D eigenvalue weighted by molar-refractivity contribution is 5.90. The van der Waals surface area contributed by atoms with Crippen molar-refractivity contribution in [1.29, 1.82) is 0 Å². The Morgan fingerprint density at radius 1 is 1.10 bits per heavy atom. The molecular formula is C20H16F3N7O. The second-order valence-electron chi connectivity index (χ2n) is 6.59. The number of alkyl halides is 3. The third kappa shape index (κ3) is 4.71. The summed E-state index contributed by atoms with van der Waals surface area (Å²) in [6.07, 6.45) is 0.575. The first kappa shape index (κ1) is 20.1. The van der Waals surface area contributed by atoms with Gasteiger partial charge in [-0.05, 0) is 30.3 Å². The first-order chi connectivity index (χ1) is 14.8. The van der Waals surface area contributed by atoms with Crippen molar-refractivity contribution in [2.24, 2.45) is 0 Å². The number of rotatable bonds is 4. The van der Waals surface area contributed by atoms with Gasteiger partial charge in [0.05, 0.1) is 17.6 Å². The van der Waals surface area contributed by atoms with Gasteiger partial charge in [0.15, 0.2) is 0 Å². The SMILES string of the molecule is Nc1nccc(-c2ccn3c(-c4cccc(NC(=O)NCC(F)(F)F)c4)cnc3c2)n1. The van der Waals surface area contributed by atoms with Crippen molar-refractivity contribution < 1.29 is 18.0 Å². The Morgan fingerprint density at radius 3 is 2.71 bits per heavy atom. The summed E-state index contributed by atoms with van der Waals surface area (Å²) in [6, 6.07) is 11.2. The number of carbonyl (C=O) groups is 1. The average Bonchev–Trinajstić information content (AvgIpc) is 3.15. The van der Waals surface area contributed by atoms with Gasteiger partial charge in [-0.25, -0.2) is 19.7 Å². The fourth-order valence-electron chi connectivity index (χ4n) is 3.00. The molecule has 0 fully saturated rings. The molecule has 4 N–H and O–H groups in total. The summed E-state index contributed by atoms with van der Waals surface area (Å²) in [6.45, 7) is -1.41. The Balaban J connectivity index is 1.58. The second kappa shape index (κ2) is 7.94. The number of hydrogen-bond acceptors (Lipinski definition) is 5. The molecule has 0 spiro atoms. The van der Waals surface area contributed by atoms with E-state index in [4.69, 9.17) is 5.73 Å². The van der Waals surface area contributed by atoms with E-state index in [9.17, 15) is 18.0 Å². The summed E-state index contributed by atoms with van der Waals surface area (Å²) in [5.41, 5.74) is 9.59.